The first-order valence-electron chi connectivity index (χ1n) is 9.24. The van der Waals surface area contributed by atoms with Gasteiger partial charge >= 0.3 is 5.97 Å². The summed E-state index contributed by atoms with van der Waals surface area (Å²) in [5.74, 6) is -0.581. The maximum atomic E-state index is 12.7. The third kappa shape index (κ3) is 4.79. The van der Waals surface area contributed by atoms with Crippen molar-refractivity contribution in [2.75, 3.05) is 13.2 Å². The molecule has 0 aromatic rings. The number of hydrogen-bond acceptors (Lipinski definition) is 5. The van der Waals surface area contributed by atoms with Gasteiger partial charge < -0.3 is 14.2 Å². The Bertz CT molecular complexity index is 422. The van der Waals surface area contributed by atoms with E-state index in [0.29, 0.717) is 25.7 Å². The molecule has 0 spiro atoms. The van der Waals surface area contributed by atoms with Crippen molar-refractivity contribution in [1.29, 1.82) is 0 Å². The minimum atomic E-state index is -0.390. The van der Waals surface area contributed by atoms with Crippen LogP contribution in [0.3, 0.4) is 0 Å². The molecule has 1 aliphatic carbocycles. The average molecular weight is 338 g/mol. The number of hydrogen-bond donors (Lipinski definition) is 0. The van der Waals surface area contributed by atoms with Gasteiger partial charge in [0.25, 0.3) is 0 Å². The quantitative estimate of drug-likeness (QED) is 0.572. The lowest BCUT2D eigenvalue weighted by Gasteiger charge is -2.45. The molecule has 0 amide bonds. The van der Waals surface area contributed by atoms with Crippen LogP contribution in [0.5, 0.6) is 0 Å². The Labute approximate surface area is 145 Å². The van der Waals surface area contributed by atoms with E-state index < -0.39 is 5.92 Å². The van der Waals surface area contributed by atoms with Gasteiger partial charge in [-0.3, -0.25) is 9.59 Å². The van der Waals surface area contributed by atoms with Crippen molar-refractivity contribution in [2.24, 2.45) is 11.8 Å². The predicted octanol–water partition coefficient (Wildman–Crippen LogP) is 3.27. The second-order valence-corrected chi connectivity index (χ2v) is 6.60. The smallest absolute Gasteiger partial charge is 0.309 e. The summed E-state index contributed by atoms with van der Waals surface area (Å²) >= 11 is 0. The zero-order valence-corrected chi connectivity index (χ0v) is 14.9. The summed E-state index contributed by atoms with van der Waals surface area (Å²) in [6, 6.07) is 0. The molecular weight excluding hydrogens is 308 g/mol. The van der Waals surface area contributed by atoms with Crippen molar-refractivity contribution >= 4 is 11.8 Å². The Morgan fingerprint density at radius 2 is 2.08 bits per heavy atom. The molecule has 4 unspecified atom stereocenters. The molecule has 2 aliphatic heterocycles. The lowest BCUT2D eigenvalue weighted by Crippen LogP contribution is -2.49. The molecule has 0 aromatic heterocycles. The molecule has 2 radical (unpaired) electrons. The topological polar surface area (TPSA) is 61.8 Å². The van der Waals surface area contributed by atoms with Gasteiger partial charge in [0.15, 0.2) is 11.9 Å². The van der Waals surface area contributed by atoms with Gasteiger partial charge in [0.1, 0.15) is 0 Å². The highest BCUT2D eigenvalue weighted by molar-refractivity contribution is 5.93. The second-order valence-electron chi connectivity index (χ2n) is 6.60. The number of unbranched alkanes of at least 4 members (excludes halogenated alkanes) is 1. The predicted molar refractivity (Wildman–Crippen MR) is 89.8 cm³/mol. The number of ether oxygens (including phenoxy) is 3. The normalized spacial score (nSPS) is 27.9. The second kappa shape index (κ2) is 9.52. The van der Waals surface area contributed by atoms with E-state index in [1.54, 1.807) is 6.92 Å². The lowest BCUT2D eigenvalue weighted by atomic mass is 9.76. The fourth-order valence-electron chi connectivity index (χ4n) is 3.69. The Morgan fingerprint density at radius 1 is 1.29 bits per heavy atom. The van der Waals surface area contributed by atoms with Crippen LogP contribution in [0.4, 0.5) is 0 Å². The Kier molecular flexibility index (Phi) is 7.69. The van der Waals surface area contributed by atoms with Gasteiger partial charge in [-0.1, -0.05) is 19.8 Å². The monoisotopic (exact) mass is 338 g/mol. The van der Waals surface area contributed by atoms with Gasteiger partial charge in [0.05, 0.1) is 24.7 Å². The summed E-state index contributed by atoms with van der Waals surface area (Å²) in [5, 5.41) is 0. The maximum absolute atomic E-state index is 12.7. The van der Waals surface area contributed by atoms with E-state index in [-0.39, 0.29) is 36.3 Å². The summed E-state index contributed by atoms with van der Waals surface area (Å²) in [7, 11) is 0. The van der Waals surface area contributed by atoms with E-state index in [1.165, 1.54) is 0 Å². The summed E-state index contributed by atoms with van der Waals surface area (Å²) in [5.41, 5.74) is 0. The number of fused-ring (bicyclic) bond motifs is 3. The molecule has 136 valence electrons. The van der Waals surface area contributed by atoms with Gasteiger partial charge in [-0.2, -0.15) is 0 Å². The first-order valence-corrected chi connectivity index (χ1v) is 9.24. The largest absolute Gasteiger partial charge is 0.466 e. The SMILES string of the molecule is [CH2]CCCC(CC(=O)[C]1OC2CCC1CC2OCC)C(=O)OCC. The van der Waals surface area contributed by atoms with Gasteiger partial charge in [0.2, 0.25) is 0 Å². The molecule has 5 heteroatoms. The van der Waals surface area contributed by atoms with Crippen LogP contribution < -0.4 is 0 Å². The van der Waals surface area contributed by atoms with Crippen LogP contribution in [0.2, 0.25) is 0 Å². The van der Waals surface area contributed by atoms with E-state index in [1.807, 2.05) is 6.92 Å². The minimum Gasteiger partial charge on any atom is -0.466 e. The van der Waals surface area contributed by atoms with Crippen LogP contribution in [0.1, 0.15) is 58.8 Å². The molecule has 3 aliphatic rings. The number of ketones is 1. The van der Waals surface area contributed by atoms with Crippen molar-refractivity contribution in [3.8, 4) is 0 Å². The van der Waals surface area contributed by atoms with Crippen LogP contribution >= 0.6 is 0 Å². The van der Waals surface area contributed by atoms with E-state index in [9.17, 15) is 9.59 Å². The van der Waals surface area contributed by atoms with Gasteiger partial charge in [-0.05, 0) is 39.5 Å². The van der Waals surface area contributed by atoms with Gasteiger partial charge in [-0.25, -0.2) is 0 Å². The van der Waals surface area contributed by atoms with Crippen molar-refractivity contribution in [1.82, 2.24) is 0 Å². The van der Waals surface area contributed by atoms with Crippen molar-refractivity contribution < 1.29 is 23.8 Å². The lowest BCUT2D eigenvalue weighted by molar-refractivity contribution is -0.165. The van der Waals surface area contributed by atoms with E-state index in [0.717, 1.165) is 32.1 Å². The fraction of sp³-hybridized carbons (Fsp3) is 0.789. The molecule has 2 bridgehead atoms. The molecule has 5 nitrogen and oxygen atoms in total. The summed E-state index contributed by atoms with van der Waals surface area (Å²) < 4.78 is 16.8. The molecule has 0 N–H and O–H groups in total. The molecule has 3 fully saturated rings. The molecule has 3 rings (SSSR count). The molecular formula is C19H30O5. The van der Waals surface area contributed by atoms with Gasteiger partial charge in [-0.15, -0.1) is 0 Å². The maximum Gasteiger partial charge on any atom is 0.309 e. The fourth-order valence-corrected chi connectivity index (χ4v) is 3.69. The van der Waals surface area contributed by atoms with Crippen molar-refractivity contribution in [2.45, 2.75) is 71.0 Å². The molecule has 0 aromatic carbocycles. The summed E-state index contributed by atoms with van der Waals surface area (Å²) in [6.45, 7) is 8.56. The number of carbonyl (C=O) groups is 2. The third-order valence-electron chi connectivity index (χ3n) is 4.89. The Hall–Kier alpha value is -0.940. The van der Waals surface area contributed by atoms with Crippen LogP contribution in [0.15, 0.2) is 0 Å². The van der Waals surface area contributed by atoms with Crippen LogP contribution in [-0.4, -0.2) is 37.2 Å². The zero-order chi connectivity index (χ0) is 17.5. The molecule has 2 saturated heterocycles. The van der Waals surface area contributed by atoms with Crippen LogP contribution in [0.25, 0.3) is 0 Å². The molecule has 1 saturated carbocycles. The van der Waals surface area contributed by atoms with E-state index >= 15 is 0 Å². The minimum absolute atomic E-state index is 0.0187. The highest BCUT2D eigenvalue weighted by Gasteiger charge is 2.47. The van der Waals surface area contributed by atoms with Crippen molar-refractivity contribution in [3.05, 3.63) is 13.0 Å². The van der Waals surface area contributed by atoms with Crippen LogP contribution in [-0.2, 0) is 23.8 Å². The highest BCUT2D eigenvalue weighted by atomic mass is 16.6. The number of rotatable bonds is 10. The highest BCUT2D eigenvalue weighted by Crippen LogP contribution is 2.44. The molecule has 24 heavy (non-hydrogen) atoms. The number of carbonyl (C=O) groups excluding carboxylic acids is 2. The average Bonchev–Trinajstić information content (AvgIpc) is 2.59. The first kappa shape index (κ1) is 19.4. The molecule has 4 atom stereocenters. The van der Waals surface area contributed by atoms with Crippen LogP contribution in [0, 0.1) is 24.9 Å². The van der Waals surface area contributed by atoms with Crippen molar-refractivity contribution in [3.63, 3.8) is 0 Å². The van der Waals surface area contributed by atoms with Gasteiger partial charge in [0, 0.05) is 18.9 Å². The molecule has 2 heterocycles. The Balaban J connectivity index is 1.94. The first-order chi connectivity index (χ1) is 11.6. The standard InChI is InChI=1S/C19H30O5/c1-4-7-8-14(19(21)23-6-3)11-15(20)18-13-9-10-16(24-18)17(12-13)22-5-2/h13-14,16-17H,1,4-12H2,2-3H3. The summed E-state index contributed by atoms with van der Waals surface area (Å²) in [4.78, 5) is 24.8. The summed E-state index contributed by atoms with van der Waals surface area (Å²) in [6.07, 6.45) is 5.77. The Morgan fingerprint density at radius 3 is 2.67 bits per heavy atom. The number of esters is 1. The third-order valence-corrected chi connectivity index (χ3v) is 4.89. The zero-order valence-electron chi connectivity index (χ0n) is 14.9. The van der Waals surface area contributed by atoms with E-state index in [4.69, 9.17) is 14.2 Å². The number of Topliss-reactive ketones (excluding diaryl/α,β-unsaturated/α-hetero) is 1. The van der Waals surface area contributed by atoms with E-state index in [2.05, 4.69) is 6.92 Å².